The van der Waals surface area contributed by atoms with Crippen molar-refractivity contribution in [2.45, 2.75) is 39.7 Å². The number of amides is 1. The maximum Gasteiger partial charge on any atom is 0.226 e. The quantitative estimate of drug-likeness (QED) is 0.758. The molecule has 7 heteroatoms. The third kappa shape index (κ3) is 3.39. The molecule has 0 aromatic carbocycles. The summed E-state index contributed by atoms with van der Waals surface area (Å²) in [6.07, 6.45) is 2.58. The Morgan fingerprint density at radius 3 is 2.96 bits per heavy atom. The summed E-state index contributed by atoms with van der Waals surface area (Å²) in [7, 11) is 0. The summed E-state index contributed by atoms with van der Waals surface area (Å²) in [5.41, 5.74) is 2.59. The minimum absolute atomic E-state index is 0.0770. The van der Waals surface area contributed by atoms with E-state index in [1.54, 1.807) is 6.20 Å². The van der Waals surface area contributed by atoms with Crippen molar-refractivity contribution >= 4 is 22.9 Å². The summed E-state index contributed by atoms with van der Waals surface area (Å²) in [5.74, 6) is 1.28. The highest BCUT2D eigenvalue weighted by molar-refractivity contribution is 5.89. The van der Waals surface area contributed by atoms with Gasteiger partial charge in [-0.3, -0.25) is 9.48 Å². The molecule has 0 radical (unpaired) electrons. The summed E-state index contributed by atoms with van der Waals surface area (Å²) in [5, 5.41) is 7.22. The summed E-state index contributed by atoms with van der Waals surface area (Å²) in [6.45, 7) is 6.09. The Bertz CT molecular complexity index is 799. The number of rotatable bonds is 5. The van der Waals surface area contributed by atoms with Crippen molar-refractivity contribution in [2.75, 3.05) is 5.32 Å². The number of nitrogens with one attached hydrogen (secondary N) is 2. The van der Waals surface area contributed by atoms with Crippen molar-refractivity contribution in [1.82, 2.24) is 24.7 Å². The molecule has 3 rings (SSSR count). The second-order valence-electron chi connectivity index (χ2n) is 5.82. The molecule has 3 heterocycles. The van der Waals surface area contributed by atoms with Crippen molar-refractivity contribution in [1.29, 1.82) is 0 Å². The van der Waals surface area contributed by atoms with E-state index < -0.39 is 0 Å². The van der Waals surface area contributed by atoms with Gasteiger partial charge in [0.1, 0.15) is 5.82 Å². The number of aryl methyl sites for hydroxylation is 2. The van der Waals surface area contributed by atoms with E-state index in [2.05, 4.69) is 39.2 Å². The highest BCUT2D eigenvalue weighted by atomic mass is 16.1. The third-order valence-electron chi connectivity index (χ3n) is 3.57. The van der Waals surface area contributed by atoms with Crippen LogP contribution in [0.25, 0.3) is 11.2 Å². The topological polar surface area (TPSA) is 88.5 Å². The largest absolute Gasteiger partial charge is 0.341 e. The highest BCUT2D eigenvalue weighted by Crippen LogP contribution is 2.14. The van der Waals surface area contributed by atoms with Gasteiger partial charge in [0.25, 0.3) is 0 Å². The zero-order valence-electron chi connectivity index (χ0n) is 13.5. The first-order valence-corrected chi connectivity index (χ1v) is 7.68. The lowest BCUT2D eigenvalue weighted by atomic mass is 10.3. The first-order valence-electron chi connectivity index (χ1n) is 7.68. The van der Waals surface area contributed by atoms with Crippen LogP contribution in [-0.4, -0.2) is 30.6 Å². The zero-order valence-corrected chi connectivity index (χ0v) is 13.5. The van der Waals surface area contributed by atoms with Crippen molar-refractivity contribution in [3.63, 3.8) is 0 Å². The minimum atomic E-state index is -0.0770. The van der Waals surface area contributed by atoms with E-state index in [0.29, 0.717) is 24.3 Å². The predicted molar refractivity (Wildman–Crippen MR) is 88.2 cm³/mol. The van der Waals surface area contributed by atoms with Gasteiger partial charge in [-0.25, -0.2) is 9.97 Å². The van der Waals surface area contributed by atoms with Gasteiger partial charge < -0.3 is 10.3 Å². The van der Waals surface area contributed by atoms with Crippen LogP contribution in [0.4, 0.5) is 5.82 Å². The number of hydrogen-bond acceptors (Lipinski definition) is 4. The Hall–Kier alpha value is -2.70. The van der Waals surface area contributed by atoms with Gasteiger partial charge in [-0.2, -0.15) is 5.10 Å². The van der Waals surface area contributed by atoms with Gasteiger partial charge in [-0.1, -0.05) is 0 Å². The van der Waals surface area contributed by atoms with Gasteiger partial charge in [0, 0.05) is 36.8 Å². The van der Waals surface area contributed by atoms with E-state index in [0.717, 1.165) is 17.0 Å². The molecule has 0 aliphatic heterocycles. The molecule has 0 saturated heterocycles. The summed E-state index contributed by atoms with van der Waals surface area (Å²) >= 11 is 0. The third-order valence-corrected chi connectivity index (χ3v) is 3.57. The molecule has 0 aliphatic rings. The SMILES string of the molecule is Cc1cc(NC(=O)CCc2nc3ncccc3[nH]2)nn1C(C)C. The molecule has 1 amide bonds. The van der Waals surface area contributed by atoms with Crippen molar-refractivity contribution in [3.05, 3.63) is 35.9 Å². The first kappa shape index (κ1) is 15.2. The van der Waals surface area contributed by atoms with E-state index in [1.165, 1.54) is 0 Å². The maximum absolute atomic E-state index is 12.1. The lowest BCUT2D eigenvalue weighted by molar-refractivity contribution is -0.116. The van der Waals surface area contributed by atoms with E-state index in [1.807, 2.05) is 29.8 Å². The Labute approximate surface area is 134 Å². The first-order chi connectivity index (χ1) is 11.0. The van der Waals surface area contributed by atoms with E-state index in [9.17, 15) is 4.79 Å². The molecule has 7 nitrogen and oxygen atoms in total. The Morgan fingerprint density at radius 1 is 1.43 bits per heavy atom. The van der Waals surface area contributed by atoms with Gasteiger partial charge >= 0.3 is 0 Å². The molecule has 0 spiro atoms. The molecule has 0 bridgehead atoms. The number of aromatic amines is 1. The minimum Gasteiger partial charge on any atom is -0.341 e. The fourth-order valence-corrected chi connectivity index (χ4v) is 2.52. The van der Waals surface area contributed by atoms with Crippen LogP contribution in [0, 0.1) is 6.92 Å². The van der Waals surface area contributed by atoms with Gasteiger partial charge in [-0.15, -0.1) is 0 Å². The number of H-pyrrole nitrogens is 1. The summed E-state index contributed by atoms with van der Waals surface area (Å²) < 4.78 is 1.89. The molecule has 0 saturated carbocycles. The van der Waals surface area contributed by atoms with Gasteiger partial charge in [0.05, 0.1) is 5.52 Å². The van der Waals surface area contributed by atoms with Crippen molar-refractivity contribution < 1.29 is 4.79 Å². The smallest absolute Gasteiger partial charge is 0.226 e. The van der Waals surface area contributed by atoms with Crippen molar-refractivity contribution in [2.24, 2.45) is 0 Å². The van der Waals surface area contributed by atoms with E-state index in [4.69, 9.17) is 0 Å². The number of carbonyl (C=O) groups is 1. The number of nitrogens with zero attached hydrogens (tertiary/aromatic N) is 4. The van der Waals surface area contributed by atoms with Gasteiger partial charge in [0.2, 0.25) is 5.91 Å². The van der Waals surface area contributed by atoms with E-state index >= 15 is 0 Å². The fourth-order valence-electron chi connectivity index (χ4n) is 2.52. The van der Waals surface area contributed by atoms with Crippen LogP contribution in [0.3, 0.4) is 0 Å². The summed E-state index contributed by atoms with van der Waals surface area (Å²) in [6, 6.07) is 5.91. The fraction of sp³-hybridized carbons (Fsp3) is 0.375. The maximum atomic E-state index is 12.1. The van der Waals surface area contributed by atoms with Crippen LogP contribution in [0.5, 0.6) is 0 Å². The number of carbonyl (C=O) groups excluding carboxylic acids is 1. The van der Waals surface area contributed by atoms with Crippen LogP contribution >= 0.6 is 0 Å². The molecular weight excluding hydrogens is 292 g/mol. The molecular formula is C16H20N6O. The predicted octanol–water partition coefficient (Wildman–Crippen LogP) is 2.62. The van der Waals surface area contributed by atoms with Crippen LogP contribution < -0.4 is 5.32 Å². The Kier molecular flexibility index (Phi) is 4.10. The molecule has 3 aromatic heterocycles. The average molecular weight is 312 g/mol. The lowest BCUT2D eigenvalue weighted by Crippen LogP contribution is -2.14. The second-order valence-corrected chi connectivity index (χ2v) is 5.82. The summed E-state index contributed by atoms with van der Waals surface area (Å²) in [4.78, 5) is 23.8. The zero-order chi connectivity index (χ0) is 16.4. The molecule has 0 atom stereocenters. The van der Waals surface area contributed by atoms with Crippen LogP contribution in [0.2, 0.25) is 0 Å². The second kappa shape index (κ2) is 6.20. The number of pyridine rings is 1. The average Bonchev–Trinajstić information content (AvgIpc) is 3.08. The van der Waals surface area contributed by atoms with Crippen LogP contribution in [-0.2, 0) is 11.2 Å². The molecule has 0 fully saturated rings. The number of imidazole rings is 1. The van der Waals surface area contributed by atoms with Gasteiger partial charge in [0.15, 0.2) is 11.5 Å². The molecule has 120 valence electrons. The molecule has 2 N–H and O–H groups in total. The number of fused-ring (bicyclic) bond motifs is 1. The molecule has 23 heavy (non-hydrogen) atoms. The lowest BCUT2D eigenvalue weighted by Gasteiger charge is -2.07. The van der Waals surface area contributed by atoms with Crippen LogP contribution in [0.1, 0.15) is 37.8 Å². The number of anilines is 1. The molecule has 0 unspecified atom stereocenters. The Morgan fingerprint density at radius 2 is 2.26 bits per heavy atom. The highest BCUT2D eigenvalue weighted by Gasteiger charge is 2.11. The van der Waals surface area contributed by atoms with Gasteiger partial charge in [-0.05, 0) is 32.9 Å². The normalized spacial score (nSPS) is 11.3. The molecule has 3 aromatic rings. The number of hydrogen-bond donors (Lipinski definition) is 2. The number of aromatic nitrogens is 5. The van der Waals surface area contributed by atoms with Crippen LogP contribution in [0.15, 0.2) is 24.4 Å². The molecule has 0 aliphatic carbocycles. The van der Waals surface area contributed by atoms with E-state index in [-0.39, 0.29) is 11.9 Å². The monoisotopic (exact) mass is 312 g/mol. The standard InChI is InChI=1S/C16H20N6O/c1-10(2)22-11(3)9-14(21-22)19-15(23)7-6-13-18-12-5-4-8-17-16(12)20-13/h4-5,8-10H,6-7H2,1-3H3,(H,17,18,20)(H,19,21,23). The Balaban J connectivity index is 1.60. The van der Waals surface area contributed by atoms with Crippen molar-refractivity contribution in [3.8, 4) is 0 Å².